The topological polar surface area (TPSA) is 25.8 Å². The molecule has 2 nitrogen and oxygen atoms in total. The van der Waals surface area contributed by atoms with Crippen molar-refractivity contribution >= 4 is 10.9 Å². The minimum Gasteiger partial charge on any atom is -0.261 e. The minimum absolute atomic E-state index is 1.06. The van der Waals surface area contributed by atoms with Crippen LogP contribution >= 0.6 is 0 Å². The second kappa shape index (κ2) is 5.59. The lowest BCUT2D eigenvalue weighted by Crippen LogP contribution is -1.91. The maximum atomic E-state index is 4.46. The number of hydrogen-bond acceptors (Lipinski definition) is 2. The molecule has 2 aromatic rings. The van der Waals surface area contributed by atoms with E-state index in [1.807, 2.05) is 18.5 Å². The summed E-state index contributed by atoms with van der Waals surface area (Å²) >= 11 is 0. The molecule has 2 aromatic heterocycles. The Balaban J connectivity index is 2.02. The van der Waals surface area contributed by atoms with Crippen molar-refractivity contribution < 1.29 is 0 Å². The number of rotatable bonds is 5. The maximum Gasteiger partial charge on any atom is 0.0735 e. The van der Waals surface area contributed by atoms with Crippen molar-refractivity contribution in [3.63, 3.8) is 0 Å². The van der Waals surface area contributed by atoms with Gasteiger partial charge >= 0.3 is 0 Å². The number of aryl methyl sites for hydroxylation is 1. The highest BCUT2D eigenvalue weighted by Gasteiger charge is 1.98. The number of pyridine rings is 2. The van der Waals surface area contributed by atoms with Gasteiger partial charge in [0.2, 0.25) is 0 Å². The molecular weight excluding hydrogens is 196 g/mol. The van der Waals surface area contributed by atoms with Crippen molar-refractivity contribution in [2.45, 2.75) is 39.0 Å². The average Bonchev–Trinajstić information content (AvgIpc) is 2.34. The van der Waals surface area contributed by atoms with Crippen LogP contribution in [-0.4, -0.2) is 9.97 Å². The van der Waals surface area contributed by atoms with E-state index in [0.29, 0.717) is 0 Å². The Kier molecular flexibility index (Phi) is 3.86. The summed E-state index contributed by atoms with van der Waals surface area (Å²) in [4.78, 5) is 8.81. The van der Waals surface area contributed by atoms with E-state index in [4.69, 9.17) is 0 Å². The van der Waals surface area contributed by atoms with Crippen LogP contribution in [0.25, 0.3) is 10.9 Å². The maximum absolute atomic E-state index is 4.46. The van der Waals surface area contributed by atoms with Crippen molar-refractivity contribution in [3.8, 4) is 0 Å². The predicted octanol–water partition coefficient (Wildman–Crippen LogP) is 3.75. The van der Waals surface area contributed by atoms with Crippen molar-refractivity contribution in [2.24, 2.45) is 0 Å². The molecule has 0 radical (unpaired) electrons. The summed E-state index contributed by atoms with van der Waals surface area (Å²) < 4.78 is 0. The van der Waals surface area contributed by atoms with Crippen LogP contribution in [0, 0.1) is 0 Å². The molecular formula is C14H18N2. The summed E-state index contributed by atoms with van der Waals surface area (Å²) in [6.07, 6.45) is 9.99. The summed E-state index contributed by atoms with van der Waals surface area (Å²) in [6, 6.07) is 6.11. The zero-order valence-corrected chi connectivity index (χ0v) is 9.82. The SMILES string of the molecule is CCCCCCc1cc2ncccc2cn1. The van der Waals surface area contributed by atoms with E-state index in [0.717, 1.165) is 17.3 Å². The second-order valence-corrected chi connectivity index (χ2v) is 4.18. The molecule has 2 heteroatoms. The van der Waals surface area contributed by atoms with Crippen LogP contribution in [0.3, 0.4) is 0 Å². The van der Waals surface area contributed by atoms with Crippen LogP contribution in [0.1, 0.15) is 38.3 Å². The van der Waals surface area contributed by atoms with Gasteiger partial charge < -0.3 is 0 Å². The lowest BCUT2D eigenvalue weighted by molar-refractivity contribution is 0.661. The highest BCUT2D eigenvalue weighted by Crippen LogP contribution is 2.12. The molecule has 0 fully saturated rings. The number of aromatic nitrogens is 2. The van der Waals surface area contributed by atoms with Gasteiger partial charge in [-0.3, -0.25) is 9.97 Å². The first-order valence-electron chi connectivity index (χ1n) is 6.10. The van der Waals surface area contributed by atoms with Gasteiger partial charge in [-0.1, -0.05) is 26.2 Å². The normalized spacial score (nSPS) is 10.8. The third kappa shape index (κ3) is 2.78. The molecule has 2 heterocycles. The fraction of sp³-hybridized carbons (Fsp3) is 0.429. The molecule has 0 aliphatic heterocycles. The molecule has 0 unspecified atom stereocenters. The molecule has 0 amide bonds. The Morgan fingerprint density at radius 3 is 2.94 bits per heavy atom. The van der Waals surface area contributed by atoms with Gasteiger partial charge in [0.15, 0.2) is 0 Å². The minimum atomic E-state index is 1.06. The van der Waals surface area contributed by atoms with Gasteiger partial charge in [0.25, 0.3) is 0 Å². The first kappa shape index (κ1) is 11.1. The fourth-order valence-corrected chi connectivity index (χ4v) is 1.88. The first-order chi connectivity index (χ1) is 7.90. The van der Waals surface area contributed by atoms with Crippen LogP contribution < -0.4 is 0 Å². The number of hydrogen-bond donors (Lipinski definition) is 0. The Morgan fingerprint density at radius 1 is 1.12 bits per heavy atom. The number of fused-ring (bicyclic) bond motifs is 1. The van der Waals surface area contributed by atoms with Gasteiger partial charge in [-0.05, 0) is 31.0 Å². The van der Waals surface area contributed by atoms with Crippen LogP contribution in [0.2, 0.25) is 0 Å². The van der Waals surface area contributed by atoms with Gasteiger partial charge in [-0.15, -0.1) is 0 Å². The van der Waals surface area contributed by atoms with Gasteiger partial charge in [0, 0.05) is 23.5 Å². The third-order valence-electron chi connectivity index (χ3n) is 2.83. The summed E-state index contributed by atoms with van der Waals surface area (Å²) in [5.74, 6) is 0. The first-order valence-corrected chi connectivity index (χ1v) is 6.10. The van der Waals surface area contributed by atoms with Crippen molar-refractivity contribution in [2.75, 3.05) is 0 Å². The molecule has 0 saturated carbocycles. The highest BCUT2D eigenvalue weighted by molar-refractivity contribution is 5.77. The quantitative estimate of drug-likeness (QED) is 0.708. The van der Waals surface area contributed by atoms with E-state index in [1.165, 1.54) is 31.4 Å². The Morgan fingerprint density at radius 2 is 2.06 bits per heavy atom. The summed E-state index contributed by atoms with van der Waals surface area (Å²) in [5, 5.41) is 1.12. The van der Waals surface area contributed by atoms with Crippen LogP contribution in [0.5, 0.6) is 0 Å². The fourth-order valence-electron chi connectivity index (χ4n) is 1.88. The number of nitrogens with zero attached hydrogens (tertiary/aromatic N) is 2. The van der Waals surface area contributed by atoms with Crippen molar-refractivity contribution in [3.05, 3.63) is 36.3 Å². The summed E-state index contributed by atoms with van der Waals surface area (Å²) in [5.41, 5.74) is 2.23. The standard InChI is InChI=1S/C14H18N2/c1-2-3-4-5-8-13-10-14-12(11-16-13)7-6-9-15-14/h6-7,9-11H,2-5,8H2,1H3. The van der Waals surface area contributed by atoms with Gasteiger partial charge in [0.1, 0.15) is 0 Å². The van der Waals surface area contributed by atoms with Gasteiger partial charge in [-0.25, -0.2) is 0 Å². The summed E-state index contributed by atoms with van der Waals surface area (Å²) in [6.45, 7) is 2.23. The Bertz CT molecular complexity index is 451. The van der Waals surface area contributed by atoms with Crippen LogP contribution in [-0.2, 0) is 6.42 Å². The zero-order chi connectivity index (χ0) is 11.2. The Hall–Kier alpha value is -1.44. The molecule has 0 spiro atoms. The smallest absolute Gasteiger partial charge is 0.0735 e. The van der Waals surface area contributed by atoms with E-state index >= 15 is 0 Å². The molecule has 0 atom stereocenters. The second-order valence-electron chi connectivity index (χ2n) is 4.18. The van der Waals surface area contributed by atoms with Crippen LogP contribution in [0.15, 0.2) is 30.6 Å². The molecule has 0 bridgehead atoms. The third-order valence-corrected chi connectivity index (χ3v) is 2.83. The molecule has 2 rings (SSSR count). The van der Waals surface area contributed by atoms with E-state index in [9.17, 15) is 0 Å². The van der Waals surface area contributed by atoms with Gasteiger partial charge in [-0.2, -0.15) is 0 Å². The number of unbranched alkanes of at least 4 members (excludes halogenated alkanes) is 3. The highest BCUT2D eigenvalue weighted by atomic mass is 14.7. The Labute approximate surface area is 96.7 Å². The van der Waals surface area contributed by atoms with E-state index in [-0.39, 0.29) is 0 Å². The monoisotopic (exact) mass is 214 g/mol. The molecule has 84 valence electrons. The molecule has 16 heavy (non-hydrogen) atoms. The molecule has 0 N–H and O–H groups in total. The summed E-state index contributed by atoms with van der Waals surface area (Å²) in [7, 11) is 0. The predicted molar refractivity (Wildman–Crippen MR) is 67.4 cm³/mol. The molecule has 0 aromatic carbocycles. The van der Waals surface area contributed by atoms with E-state index < -0.39 is 0 Å². The molecule has 0 aliphatic carbocycles. The zero-order valence-electron chi connectivity index (χ0n) is 9.82. The van der Waals surface area contributed by atoms with Crippen LogP contribution in [0.4, 0.5) is 0 Å². The largest absolute Gasteiger partial charge is 0.261 e. The molecule has 0 saturated heterocycles. The van der Waals surface area contributed by atoms with E-state index in [1.54, 1.807) is 0 Å². The lowest BCUT2D eigenvalue weighted by atomic mass is 10.1. The van der Waals surface area contributed by atoms with E-state index in [2.05, 4.69) is 29.0 Å². The van der Waals surface area contributed by atoms with Crippen molar-refractivity contribution in [1.29, 1.82) is 0 Å². The van der Waals surface area contributed by atoms with Gasteiger partial charge in [0.05, 0.1) is 5.52 Å². The average molecular weight is 214 g/mol. The van der Waals surface area contributed by atoms with Crippen molar-refractivity contribution in [1.82, 2.24) is 9.97 Å². The molecule has 0 aliphatic rings. The lowest BCUT2D eigenvalue weighted by Gasteiger charge is -2.02.